The van der Waals surface area contributed by atoms with Crippen molar-refractivity contribution < 1.29 is 29.4 Å². The van der Waals surface area contributed by atoms with E-state index in [0.29, 0.717) is 6.42 Å². The van der Waals surface area contributed by atoms with Crippen LogP contribution in [0.25, 0.3) is 0 Å². The average molecular weight is 513 g/mol. The number of amides is 3. The molecular weight excluding hydrogens is 476 g/mol. The molecule has 5 atom stereocenters. The fourth-order valence-corrected chi connectivity index (χ4v) is 3.69. The van der Waals surface area contributed by atoms with E-state index in [2.05, 4.69) is 16.0 Å². The second kappa shape index (κ2) is 14.7. The quantitative estimate of drug-likeness (QED) is 0.212. The highest BCUT2D eigenvalue weighted by atomic mass is 16.4. The number of carboxylic acids is 1. The fourth-order valence-electron chi connectivity index (χ4n) is 3.69. The summed E-state index contributed by atoms with van der Waals surface area (Å²) in [6.45, 7) is 3.03. The van der Waals surface area contributed by atoms with Crippen LogP contribution in [0, 0.1) is 5.92 Å². The number of nitrogens with one attached hydrogen (secondary N) is 3. The number of aliphatic carboxylic acids is 1. The molecule has 37 heavy (non-hydrogen) atoms. The van der Waals surface area contributed by atoms with Gasteiger partial charge in [0.1, 0.15) is 24.2 Å². The number of benzene rings is 2. The Morgan fingerprint density at radius 1 is 0.784 bits per heavy atom. The summed E-state index contributed by atoms with van der Waals surface area (Å²) in [7, 11) is 0. The summed E-state index contributed by atoms with van der Waals surface area (Å²) >= 11 is 0. The topological polar surface area (TPSA) is 171 Å². The van der Waals surface area contributed by atoms with Gasteiger partial charge in [0.15, 0.2) is 0 Å². The lowest BCUT2D eigenvalue weighted by Crippen LogP contribution is -2.59. The van der Waals surface area contributed by atoms with Crippen LogP contribution in [-0.2, 0) is 32.0 Å². The molecule has 0 aromatic heterocycles. The van der Waals surface area contributed by atoms with E-state index in [4.69, 9.17) is 5.73 Å². The third kappa shape index (κ3) is 9.32. The van der Waals surface area contributed by atoms with E-state index in [-0.39, 0.29) is 18.8 Å². The molecule has 0 bridgehead atoms. The first-order chi connectivity index (χ1) is 17.7. The lowest BCUT2D eigenvalue weighted by Gasteiger charge is -2.28. The highest BCUT2D eigenvalue weighted by molar-refractivity contribution is 5.94. The number of hydrogen-bond acceptors (Lipinski definition) is 6. The Labute approximate surface area is 216 Å². The summed E-state index contributed by atoms with van der Waals surface area (Å²) in [5, 5.41) is 26.7. The van der Waals surface area contributed by atoms with E-state index < -0.39 is 54.5 Å². The number of carboxylic acid groups (broad SMARTS) is 1. The molecule has 0 spiro atoms. The molecule has 200 valence electrons. The molecule has 7 N–H and O–H groups in total. The first-order valence-corrected chi connectivity index (χ1v) is 12.2. The van der Waals surface area contributed by atoms with Crippen LogP contribution in [0.4, 0.5) is 0 Å². The van der Waals surface area contributed by atoms with Crippen molar-refractivity contribution in [2.75, 3.05) is 6.61 Å². The molecule has 3 amide bonds. The lowest BCUT2D eigenvalue weighted by molar-refractivity contribution is -0.142. The van der Waals surface area contributed by atoms with Gasteiger partial charge in [-0.15, -0.1) is 0 Å². The van der Waals surface area contributed by atoms with Gasteiger partial charge in [0, 0.05) is 12.8 Å². The molecule has 2 aromatic rings. The number of hydrogen-bond donors (Lipinski definition) is 6. The predicted octanol–water partition coefficient (Wildman–Crippen LogP) is 0.377. The van der Waals surface area contributed by atoms with Gasteiger partial charge < -0.3 is 31.9 Å². The van der Waals surface area contributed by atoms with Crippen molar-refractivity contribution in [1.29, 1.82) is 0 Å². The Bertz CT molecular complexity index is 1030. The zero-order valence-corrected chi connectivity index (χ0v) is 21.1. The Kier molecular flexibility index (Phi) is 11.7. The number of carbonyl (C=O) groups is 4. The minimum atomic E-state index is -1.21. The molecule has 0 radical (unpaired) electrons. The van der Waals surface area contributed by atoms with Crippen LogP contribution in [0.2, 0.25) is 0 Å². The van der Waals surface area contributed by atoms with Crippen molar-refractivity contribution in [3.8, 4) is 0 Å². The summed E-state index contributed by atoms with van der Waals surface area (Å²) in [4.78, 5) is 50.8. The summed E-state index contributed by atoms with van der Waals surface area (Å²) in [6.07, 6.45) is 0.715. The molecule has 10 heteroatoms. The molecule has 5 unspecified atom stereocenters. The summed E-state index contributed by atoms with van der Waals surface area (Å²) in [6, 6.07) is 13.3. The fraction of sp³-hybridized carbons (Fsp3) is 0.407. The second-order valence-electron chi connectivity index (χ2n) is 9.00. The van der Waals surface area contributed by atoms with Crippen molar-refractivity contribution in [2.45, 2.75) is 57.3 Å². The summed E-state index contributed by atoms with van der Waals surface area (Å²) in [5.74, 6) is -3.48. The smallest absolute Gasteiger partial charge is 0.326 e. The van der Waals surface area contributed by atoms with Crippen LogP contribution in [0.3, 0.4) is 0 Å². The predicted molar refractivity (Wildman–Crippen MR) is 138 cm³/mol. The number of aliphatic hydroxyl groups excluding tert-OH is 1. The van der Waals surface area contributed by atoms with E-state index in [9.17, 15) is 29.4 Å². The largest absolute Gasteiger partial charge is 0.480 e. The second-order valence-corrected chi connectivity index (χ2v) is 9.00. The van der Waals surface area contributed by atoms with Gasteiger partial charge in [0.05, 0.1) is 6.61 Å². The van der Waals surface area contributed by atoms with Crippen LogP contribution in [0.5, 0.6) is 0 Å². The zero-order chi connectivity index (χ0) is 27.4. The first kappa shape index (κ1) is 29.5. The van der Waals surface area contributed by atoms with Gasteiger partial charge >= 0.3 is 5.97 Å². The van der Waals surface area contributed by atoms with Gasteiger partial charge in [-0.05, 0) is 17.0 Å². The molecule has 0 aliphatic rings. The maximum absolute atomic E-state index is 13.3. The maximum Gasteiger partial charge on any atom is 0.326 e. The van der Waals surface area contributed by atoms with Gasteiger partial charge in [-0.2, -0.15) is 0 Å². The minimum absolute atomic E-state index is 0.0680. The van der Waals surface area contributed by atoms with Crippen LogP contribution < -0.4 is 21.7 Å². The SMILES string of the molecule is CCC(C)C(NC(=O)C(N)CO)C(=O)NC(Cc1ccccc1)C(=O)NC(Cc1ccccc1)C(=O)O. The normalized spacial score (nSPS) is 14.9. The first-order valence-electron chi connectivity index (χ1n) is 12.2. The van der Waals surface area contributed by atoms with Crippen molar-refractivity contribution in [3.05, 3.63) is 71.8 Å². The summed E-state index contributed by atoms with van der Waals surface area (Å²) < 4.78 is 0. The van der Waals surface area contributed by atoms with Gasteiger partial charge in [0.25, 0.3) is 0 Å². The molecule has 0 fully saturated rings. The molecular formula is C27H36N4O6. The van der Waals surface area contributed by atoms with Crippen molar-refractivity contribution in [1.82, 2.24) is 16.0 Å². The van der Waals surface area contributed by atoms with Crippen molar-refractivity contribution in [2.24, 2.45) is 11.7 Å². The van der Waals surface area contributed by atoms with Crippen LogP contribution >= 0.6 is 0 Å². The minimum Gasteiger partial charge on any atom is -0.480 e. The third-order valence-electron chi connectivity index (χ3n) is 6.14. The molecule has 0 heterocycles. The van der Waals surface area contributed by atoms with Crippen LogP contribution in [-0.4, -0.2) is 64.7 Å². The molecule has 10 nitrogen and oxygen atoms in total. The lowest BCUT2D eigenvalue weighted by atomic mass is 9.96. The van der Waals surface area contributed by atoms with E-state index in [1.165, 1.54) is 0 Å². The van der Waals surface area contributed by atoms with Gasteiger partial charge in [-0.25, -0.2) is 4.79 Å². The van der Waals surface area contributed by atoms with E-state index in [0.717, 1.165) is 11.1 Å². The van der Waals surface area contributed by atoms with Gasteiger partial charge in [-0.1, -0.05) is 80.9 Å². The maximum atomic E-state index is 13.3. The summed E-state index contributed by atoms with van der Waals surface area (Å²) in [5.41, 5.74) is 7.08. The number of rotatable bonds is 14. The Morgan fingerprint density at radius 3 is 1.73 bits per heavy atom. The Morgan fingerprint density at radius 2 is 1.27 bits per heavy atom. The van der Waals surface area contributed by atoms with Gasteiger partial charge in [-0.3, -0.25) is 14.4 Å². The van der Waals surface area contributed by atoms with Crippen LogP contribution in [0.1, 0.15) is 31.4 Å². The average Bonchev–Trinajstić information content (AvgIpc) is 2.90. The monoisotopic (exact) mass is 512 g/mol. The van der Waals surface area contributed by atoms with Gasteiger partial charge in [0.2, 0.25) is 17.7 Å². The molecule has 0 aliphatic carbocycles. The molecule has 0 saturated heterocycles. The zero-order valence-electron chi connectivity index (χ0n) is 21.1. The third-order valence-corrected chi connectivity index (χ3v) is 6.14. The standard InChI is InChI=1S/C27H36N4O6/c1-3-17(2)23(31-24(33)20(28)16-32)26(35)29-21(14-18-10-6-4-7-11-18)25(34)30-22(27(36)37)15-19-12-8-5-9-13-19/h4-13,17,20-23,32H,3,14-16,28H2,1-2H3,(H,29,35)(H,30,34)(H,31,33)(H,36,37). The molecule has 0 aliphatic heterocycles. The van der Waals surface area contributed by atoms with Crippen molar-refractivity contribution >= 4 is 23.7 Å². The van der Waals surface area contributed by atoms with E-state index in [1.807, 2.05) is 19.1 Å². The van der Waals surface area contributed by atoms with Crippen LogP contribution in [0.15, 0.2) is 60.7 Å². The number of aliphatic hydroxyl groups is 1. The van der Waals surface area contributed by atoms with Crippen molar-refractivity contribution in [3.63, 3.8) is 0 Å². The highest BCUT2D eigenvalue weighted by Crippen LogP contribution is 2.11. The van der Waals surface area contributed by atoms with E-state index >= 15 is 0 Å². The number of nitrogens with two attached hydrogens (primary N) is 1. The van der Waals surface area contributed by atoms with E-state index in [1.54, 1.807) is 55.5 Å². The number of carbonyl (C=O) groups excluding carboxylic acids is 3. The Balaban J connectivity index is 2.26. The Hall–Kier alpha value is -3.76. The highest BCUT2D eigenvalue weighted by Gasteiger charge is 2.32. The molecule has 2 rings (SSSR count). The molecule has 2 aromatic carbocycles. The molecule has 0 saturated carbocycles.